The van der Waals surface area contributed by atoms with Crippen molar-refractivity contribution in [3.05, 3.63) is 41.8 Å². The van der Waals surface area contributed by atoms with Gasteiger partial charge in [0.25, 0.3) is 0 Å². The molecule has 0 radical (unpaired) electrons. The molecule has 1 saturated heterocycles. The van der Waals surface area contributed by atoms with Gasteiger partial charge < -0.3 is 15.1 Å². The second-order valence-corrected chi connectivity index (χ2v) is 5.82. The molecule has 0 unspecified atom stereocenters. The van der Waals surface area contributed by atoms with Crippen molar-refractivity contribution in [1.29, 1.82) is 0 Å². The third kappa shape index (κ3) is 3.79. The molecular formula is C17H20FN5O. The summed E-state index contributed by atoms with van der Waals surface area (Å²) in [5, 5.41) is 3.11. The number of hydrogen-bond acceptors (Lipinski definition) is 5. The van der Waals surface area contributed by atoms with E-state index >= 15 is 0 Å². The molecule has 2 heterocycles. The zero-order chi connectivity index (χ0) is 17.1. The molecule has 0 bridgehead atoms. The molecule has 0 aliphatic carbocycles. The fourth-order valence-corrected chi connectivity index (χ4v) is 2.69. The molecule has 0 atom stereocenters. The van der Waals surface area contributed by atoms with E-state index in [2.05, 4.69) is 20.2 Å². The summed E-state index contributed by atoms with van der Waals surface area (Å²) in [7, 11) is 0. The van der Waals surface area contributed by atoms with E-state index in [1.165, 1.54) is 12.1 Å². The lowest BCUT2D eigenvalue weighted by Crippen LogP contribution is -2.48. The molecule has 1 amide bonds. The van der Waals surface area contributed by atoms with Crippen molar-refractivity contribution in [3.63, 3.8) is 0 Å². The Bertz CT molecular complexity index is 744. The second-order valence-electron chi connectivity index (χ2n) is 5.82. The lowest BCUT2D eigenvalue weighted by molar-refractivity contribution is -0.129. The summed E-state index contributed by atoms with van der Waals surface area (Å²) in [6, 6.07) is 8.07. The van der Waals surface area contributed by atoms with E-state index in [0.717, 1.165) is 5.69 Å². The Labute approximate surface area is 140 Å². The highest BCUT2D eigenvalue weighted by Gasteiger charge is 2.21. The smallest absolute Gasteiger partial charge is 0.227 e. The Morgan fingerprint density at radius 2 is 1.92 bits per heavy atom. The number of benzene rings is 1. The highest BCUT2D eigenvalue weighted by molar-refractivity contribution is 5.73. The summed E-state index contributed by atoms with van der Waals surface area (Å²) in [5.41, 5.74) is 1.47. The van der Waals surface area contributed by atoms with Crippen molar-refractivity contribution in [2.45, 2.75) is 13.8 Å². The molecule has 1 N–H and O–H groups in total. The number of carbonyl (C=O) groups excluding carboxylic acids is 1. The Kier molecular flexibility index (Phi) is 4.59. The number of aromatic nitrogens is 2. The Morgan fingerprint density at radius 1 is 1.17 bits per heavy atom. The third-order valence-electron chi connectivity index (χ3n) is 3.95. The number of rotatable bonds is 3. The fourth-order valence-electron chi connectivity index (χ4n) is 2.69. The van der Waals surface area contributed by atoms with E-state index in [1.807, 2.05) is 17.9 Å². The maximum Gasteiger partial charge on any atom is 0.227 e. The van der Waals surface area contributed by atoms with Crippen molar-refractivity contribution in [2.24, 2.45) is 0 Å². The minimum Gasteiger partial charge on any atom is -0.340 e. The molecule has 24 heavy (non-hydrogen) atoms. The van der Waals surface area contributed by atoms with Crippen molar-refractivity contribution in [1.82, 2.24) is 14.9 Å². The monoisotopic (exact) mass is 329 g/mol. The first kappa shape index (κ1) is 16.2. The van der Waals surface area contributed by atoms with Gasteiger partial charge in [-0.3, -0.25) is 4.79 Å². The van der Waals surface area contributed by atoms with E-state index in [0.29, 0.717) is 43.6 Å². The molecule has 1 fully saturated rings. The number of nitrogens with one attached hydrogen (secondary N) is 1. The van der Waals surface area contributed by atoms with E-state index in [-0.39, 0.29) is 11.7 Å². The maximum atomic E-state index is 13.3. The van der Waals surface area contributed by atoms with E-state index < -0.39 is 0 Å². The van der Waals surface area contributed by atoms with Crippen LogP contribution in [0.15, 0.2) is 30.3 Å². The molecule has 1 aliphatic rings. The van der Waals surface area contributed by atoms with Gasteiger partial charge in [-0.2, -0.15) is 4.98 Å². The topological polar surface area (TPSA) is 61.4 Å². The Hall–Kier alpha value is -2.70. The van der Waals surface area contributed by atoms with E-state index in [1.54, 1.807) is 19.1 Å². The summed E-state index contributed by atoms with van der Waals surface area (Å²) >= 11 is 0. The highest BCUT2D eigenvalue weighted by atomic mass is 19.1. The standard InChI is InChI=1S/C17H20FN5O/c1-12-10-16(20-15-5-3-4-14(18)11-15)21-17(19-12)23-8-6-22(7-9-23)13(2)24/h3-5,10-11H,6-9H2,1-2H3,(H,19,20,21). The summed E-state index contributed by atoms with van der Waals surface area (Å²) in [5.74, 6) is 1.04. The van der Waals surface area contributed by atoms with Crippen LogP contribution in [0.1, 0.15) is 12.6 Å². The molecule has 2 aromatic rings. The van der Waals surface area contributed by atoms with Crippen molar-refractivity contribution in [2.75, 3.05) is 36.4 Å². The minimum atomic E-state index is -0.300. The molecule has 3 rings (SSSR count). The molecule has 1 aliphatic heterocycles. The minimum absolute atomic E-state index is 0.0910. The zero-order valence-corrected chi connectivity index (χ0v) is 13.8. The van der Waals surface area contributed by atoms with Gasteiger partial charge in [-0.05, 0) is 25.1 Å². The number of hydrogen-bond donors (Lipinski definition) is 1. The van der Waals surface area contributed by atoms with Gasteiger partial charge in [0, 0.05) is 50.6 Å². The SMILES string of the molecule is CC(=O)N1CCN(c2nc(C)cc(Nc3cccc(F)c3)n2)CC1. The predicted molar refractivity (Wildman–Crippen MR) is 90.9 cm³/mol. The normalized spacial score (nSPS) is 14.6. The van der Waals surface area contributed by atoms with Gasteiger partial charge in [0.15, 0.2) is 0 Å². The number of aryl methyl sites for hydroxylation is 1. The largest absolute Gasteiger partial charge is 0.340 e. The van der Waals surface area contributed by atoms with Crippen molar-refractivity contribution in [3.8, 4) is 0 Å². The summed E-state index contributed by atoms with van der Waals surface area (Å²) in [4.78, 5) is 24.3. The van der Waals surface area contributed by atoms with Crippen LogP contribution in [0, 0.1) is 12.7 Å². The van der Waals surface area contributed by atoms with Gasteiger partial charge >= 0.3 is 0 Å². The number of carbonyl (C=O) groups is 1. The fraction of sp³-hybridized carbons (Fsp3) is 0.353. The second kappa shape index (κ2) is 6.82. The van der Waals surface area contributed by atoms with Crippen LogP contribution in [0.2, 0.25) is 0 Å². The first-order chi connectivity index (χ1) is 11.5. The average molecular weight is 329 g/mol. The van der Waals surface area contributed by atoms with Crippen LogP contribution < -0.4 is 10.2 Å². The van der Waals surface area contributed by atoms with Gasteiger partial charge in [0.2, 0.25) is 11.9 Å². The van der Waals surface area contributed by atoms with Gasteiger partial charge in [-0.1, -0.05) is 6.07 Å². The number of nitrogens with zero attached hydrogens (tertiary/aromatic N) is 4. The van der Waals surface area contributed by atoms with Crippen LogP contribution in [0.3, 0.4) is 0 Å². The van der Waals surface area contributed by atoms with Crippen LogP contribution in [0.25, 0.3) is 0 Å². The number of amides is 1. The first-order valence-electron chi connectivity index (χ1n) is 7.90. The van der Waals surface area contributed by atoms with Crippen LogP contribution in [0.5, 0.6) is 0 Å². The molecular weight excluding hydrogens is 309 g/mol. The van der Waals surface area contributed by atoms with Crippen molar-refractivity contribution >= 4 is 23.4 Å². The molecule has 0 spiro atoms. The maximum absolute atomic E-state index is 13.3. The molecule has 1 aromatic carbocycles. The predicted octanol–water partition coefficient (Wildman–Crippen LogP) is 2.34. The zero-order valence-electron chi connectivity index (χ0n) is 13.8. The lowest BCUT2D eigenvalue weighted by atomic mass is 10.3. The lowest BCUT2D eigenvalue weighted by Gasteiger charge is -2.34. The van der Waals surface area contributed by atoms with Gasteiger partial charge in [0.1, 0.15) is 11.6 Å². The first-order valence-corrected chi connectivity index (χ1v) is 7.90. The summed E-state index contributed by atoms with van der Waals surface area (Å²) < 4.78 is 13.3. The molecule has 126 valence electrons. The van der Waals surface area contributed by atoms with Crippen LogP contribution >= 0.6 is 0 Å². The van der Waals surface area contributed by atoms with Gasteiger partial charge in [-0.15, -0.1) is 0 Å². The molecule has 7 heteroatoms. The number of anilines is 3. The average Bonchev–Trinajstić information content (AvgIpc) is 2.54. The van der Waals surface area contributed by atoms with Gasteiger partial charge in [-0.25, -0.2) is 9.37 Å². The third-order valence-corrected chi connectivity index (χ3v) is 3.95. The Balaban J connectivity index is 1.76. The van der Waals surface area contributed by atoms with Crippen molar-refractivity contribution < 1.29 is 9.18 Å². The quantitative estimate of drug-likeness (QED) is 0.936. The van der Waals surface area contributed by atoms with Gasteiger partial charge in [0.05, 0.1) is 0 Å². The summed E-state index contributed by atoms with van der Waals surface area (Å²) in [6.07, 6.45) is 0. The van der Waals surface area contributed by atoms with Crippen LogP contribution in [-0.2, 0) is 4.79 Å². The number of halogens is 1. The Morgan fingerprint density at radius 3 is 2.58 bits per heavy atom. The molecule has 0 saturated carbocycles. The van der Waals surface area contributed by atoms with E-state index in [4.69, 9.17) is 0 Å². The summed E-state index contributed by atoms with van der Waals surface area (Å²) in [6.45, 7) is 6.21. The van der Waals surface area contributed by atoms with Crippen LogP contribution in [-0.4, -0.2) is 47.0 Å². The van der Waals surface area contributed by atoms with Crippen LogP contribution in [0.4, 0.5) is 21.8 Å². The van der Waals surface area contributed by atoms with E-state index in [9.17, 15) is 9.18 Å². The molecule has 1 aromatic heterocycles. The highest BCUT2D eigenvalue weighted by Crippen LogP contribution is 2.20. The number of piperazine rings is 1. The molecule has 6 nitrogen and oxygen atoms in total.